The van der Waals surface area contributed by atoms with Crippen molar-refractivity contribution in [3.8, 4) is 0 Å². The van der Waals surface area contributed by atoms with Gasteiger partial charge in [0.15, 0.2) is 0 Å². The number of carbonyl (C=O) groups is 1. The molecule has 2 nitrogen and oxygen atoms in total. The van der Waals surface area contributed by atoms with Crippen molar-refractivity contribution in [2.75, 3.05) is 0 Å². The number of aromatic carboxylic acids is 1. The van der Waals surface area contributed by atoms with Crippen LogP contribution in [0, 0.1) is 0 Å². The van der Waals surface area contributed by atoms with Crippen molar-refractivity contribution < 1.29 is 9.90 Å². The van der Waals surface area contributed by atoms with E-state index in [1.54, 1.807) is 12.1 Å². The molecule has 0 saturated carbocycles. The van der Waals surface area contributed by atoms with E-state index in [-0.39, 0.29) is 16.7 Å². The summed E-state index contributed by atoms with van der Waals surface area (Å²) in [6, 6.07) is 18.8. The van der Waals surface area contributed by atoms with Crippen LogP contribution < -0.4 is 0 Å². The maximum absolute atomic E-state index is 11.2. The molecule has 0 radical (unpaired) electrons. The second-order valence-electron chi connectivity index (χ2n) is 9.92. The molecule has 150 valence electrons. The summed E-state index contributed by atoms with van der Waals surface area (Å²) in [5.74, 6) is -0.603. The van der Waals surface area contributed by atoms with Crippen LogP contribution in [-0.4, -0.2) is 11.1 Å². The van der Waals surface area contributed by atoms with Crippen LogP contribution in [0.4, 0.5) is 0 Å². The molecule has 0 fully saturated rings. The Morgan fingerprint density at radius 2 is 1.34 bits per heavy atom. The third-order valence-electron chi connectivity index (χ3n) is 6.99. The standard InChI is InChI=1S/C27H30O2/c1-17(18-6-7-21-15-22(25(28)29)9-8-20(21)14-18)19-10-11-23-24(16-19)27(4,5)13-12-26(23,2)3/h6-11,14-17H,12-13H2,1-5H3,(H,28,29)/t17-/m1/s1. The zero-order valence-corrected chi connectivity index (χ0v) is 18.0. The molecule has 0 aromatic heterocycles. The zero-order chi connectivity index (χ0) is 21.0. The predicted molar refractivity (Wildman–Crippen MR) is 120 cm³/mol. The van der Waals surface area contributed by atoms with Crippen LogP contribution in [0.5, 0.6) is 0 Å². The Morgan fingerprint density at radius 1 is 0.793 bits per heavy atom. The fourth-order valence-corrected chi connectivity index (χ4v) is 4.73. The van der Waals surface area contributed by atoms with Gasteiger partial charge in [-0.1, -0.05) is 77.1 Å². The Balaban J connectivity index is 1.74. The molecule has 3 aromatic rings. The average Bonchev–Trinajstić information content (AvgIpc) is 2.70. The summed E-state index contributed by atoms with van der Waals surface area (Å²) < 4.78 is 0. The van der Waals surface area contributed by atoms with Crippen molar-refractivity contribution in [1.29, 1.82) is 0 Å². The molecule has 1 aliphatic rings. The van der Waals surface area contributed by atoms with E-state index in [9.17, 15) is 9.90 Å². The van der Waals surface area contributed by atoms with E-state index in [0.29, 0.717) is 5.56 Å². The molecular weight excluding hydrogens is 356 g/mol. The molecule has 0 saturated heterocycles. The highest BCUT2D eigenvalue weighted by atomic mass is 16.4. The first kappa shape index (κ1) is 19.7. The Kier molecular flexibility index (Phi) is 4.57. The van der Waals surface area contributed by atoms with E-state index < -0.39 is 5.97 Å². The van der Waals surface area contributed by atoms with Gasteiger partial charge in [-0.2, -0.15) is 0 Å². The van der Waals surface area contributed by atoms with Crippen molar-refractivity contribution in [2.45, 2.75) is 64.2 Å². The number of rotatable bonds is 3. The molecule has 0 unspecified atom stereocenters. The summed E-state index contributed by atoms with van der Waals surface area (Å²) in [5.41, 5.74) is 6.35. The second-order valence-corrected chi connectivity index (χ2v) is 9.92. The van der Waals surface area contributed by atoms with Gasteiger partial charge >= 0.3 is 5.97 Å². The van der Waals surface area contributed by atoms with Crippen LogP contribution in [0.15, 0.2) is 54.6 Å². The lowest BCUT2D eigenvalue weighted by atomic mass is 9.62. The molecule has 29 heavy (non-hydrogen) atoms. The Bertz CT molecular complexity index is 1100. The molecule has 2 heteroatoms. The van der Waals surface area contributed by atoms with E-state index in [1.807, 2.05) is 12.1 Å². The second kappa shape index (κ2) is 6.73. The summed E-state index contributed by atoms with van der Waals surface area (Å²) in [4.78, 5) is 11.2. The van der Waals surface area contributed by atoms with Gasteiger partial charge in [-0.25, -0.2) is 4.79 Å². The topological polar surface area (TPSA) is 37.3 Å². The highest BCUT2D eigenvalue weighted by Crippen LogP contribution is 2.46. The largest absolute Gasteiger partial charge is 0.478 e. The van der Waals surface area contributed by atoms with Crippen LogP contribution >= 0.6 is 0 Å². The van der Waals surface area contributed by atoms with Gasteiger partial charge in [0.2, 0.25) is 0 Å². The highest BCUT2D eigenvalue weighted by Gasteiger charge is 2.37. The summed E-state index contributed by atoms with van der Waals surface area (Å²) in [7, 11) is 0. The molecule has 0 spiro atoms. The molecular formula is C27H30O2. The lowest BCUT2D eigenvalue weighted by Gasteiger charge is -2.42. The first-order valence-electron chi connectivity index (χ1n) is 10.5. The minimum Gasteiger partial charge on any atom is -0.478 e. The van der Waals surface area contributed by atoms with Crippen molar-refractivity contribution >= 4 is 16.7 Å². The number of benzene rings is 3. The van der Waals surface area contributed by atoms with Gasteiger partial charge in [-0.15, -0.1) is 0 Å². The summed E-state index contributed by atoms with van der Waals surface area (Å²) in [5, 5.41) is 11.3. The molecule has 0 aliphatic heterocycles. The number of hydrogen-bond acceptors (Lipinski definition) is 1. The molecule has 1 aliphatic carbocycles. The normalized spacial score (nSPS) is 18.2. The fraction of sp³-hybridized carbons (Fsp3) is 0.370. The average molecular weight is 387 g/mol. The van der Waals surface area contributed by atoms with Crippen molar-refractivity contribution in [2.24, 2.45) is 0 Å². The first-order chi connectivity index (χ1) is 13.6. The van der Waals surface area contributed by atoms with E-state index in [0.717, 1.165) is 10.8 Å². The third kappa shape index (κ3) is 3.46. The van der Waals surface area contributed by atoms with Gasteiger partial charge < -0.3 is 5.11 Å². The minimum atomic E-state index is -0.885. The van der Waals surface area contributed by atoms with Gasteiger partial charge in [0.25, 0.3) is 0 Å². The number of hydrogen-bond donors (Lipinski definition) is 1. The minimum absolute atomic E-state index is 0.206. The Morgan fingerprint density at radius 3 is 2.03 bits per heavy atom. The van der Waals surface area contributed by atoms with E-state index in [2.05, 4.69) is 65.0 Å². The molecule has 3 aromatic carbocycles. The maximum atomic E-state index is 11.2. The lowest BCUT2D eigenvalue weighted by molar-refractivity contribution is 0.0697. The Labute approximate surface area is 173 Å². The third-order valence-corrected chi connectivity index (χ3v) is 6.99. The van der Waals surface area contributed by atoms with E-state index in [4.69, 9.17) is 0 Å². The van der Waals surface area contributed by atoms with Gasteiger partial charge in [0, 0.05) is 5.92 Å². The van der Waals surface area contributed by atoms with Crippen molar-refractivity contribution in [3.63, 3.8) is 0 Å². The van der Waals surface area contributed by atoms with Crippen LogP contribution in [0.25, 0.3) is 10.8 Å². The van der Waals surface area contributed by atoms with Gasteiger partial charge in [-0.05, 0) is 68.8 Å². The SMILES string of the molecule is C[C@@H](c1ccc2c(c1)C(C)(C)CCC2(C)C)c1ccc2cc(C(=O)O)ccc2c1. The van der Waals surface area contributed by atoms with Crippen LogP contribution in [0.1, 0.15) is 86.0 Å². The van der Waals surface area contributed by atoms with E-state index in [1.165, 1.54) is 35.1 Å². The van der Waals surface area contributed by atoms with Crippen molar-refractivity contribution in [1.82, 2.24) is 0 Å². The Hall–Kier alpha value is -2.61. The number of fused-ring (bicyclic) bond motifs is 2. The number of carboxylic acids is 1. The molecule has 1 N–H and O–H groups in total. The fourth-order valence-electron chi connectivity index (χ4n) is 4.73. The van der Waals surface area contributed by atoms with Gasteiger partial charge in [0.05, 0.1) is 5.56 Å². The molecule has 0 heterocycles. The maximum Gasteiger partial charge on any atom is 0.335 e. The van der Waals surface area contributed by atoms with Crippen LogP contribution in [0.2, 0.25) is 0 Å². The van der Waals surface area contributed by atoms with Gasteiger partial charge in [0.1, 0.15) is 0 Å². The van der Waals surface area contributed by atoms with Crippen LogP contribution in [0.3, 0.4) is 0 Å². The first-order valence-corrected chi connectivity index (χ1v) is 10.5. The monoisotopic (exact) mass is 386 g/mol. The van der Waals surface area contributed by atoms with Crippen molar-refractivity contribution in [3.05, 3.63) is 82.4 Å². The molecule has 4 rings (SSSR count). The molecule has 0 bridgehead atoms. The molecule has 1 atom stereocenters. The summed E-state index contributed by atoms with van der Waals surface area (Å²) >= 11 is 0. The zero-order valence-electron chi connectivity index (χ0n) is 18.0. The number of carboxylic acid groups (broad SMARTS) is 1. The quantitative estimate of drug-likeness (QED) is 0.524. The van der Waals surface area contributed by atoms with E-state index >= 15 is 0 Å². The van der Waals surface area contributed by atoms with Crippen LogP contribution in [-0.2, 0) is 10.8 Å². The lowest BCUT2D eigenvalue weighted by Crippen LogP contribution is -2.34. The van der Waals surface area contributed by atoms with Gasteiger partial charge in [-0.3, -0.25) is 0 Å². The summed E-state index contributed by atoms with van der Waals surface area (Å²) in [6.45, 7) is 11.7. The smallest absolute Gasteiger partial charge is 0.335 e. The predicted octanol–water partition coefficient (Wildman–Crippen LogP) is 7.04. The molecule has 0 amide bonds. The summed E-state index contributed by atoms with van der Waals surface area (Å²) in [6.07, 6.45) is 2.44. The highest BCUT2D eigenvalue weighted by molar-refractivity contribution is 5.94.